The molecule has 0 radical (unpaired) electrons. The van der Waals surface area contributed by atoms with E-state index < -0.39 is 27.2 Å². The van der Waals surface area contributed by atoms with Gasteiger partial charge in [-0.05, 0) is 29.9 Å². The van der Waals surface area contributed by atoms with Gasteiger partial charge in [0.25, 0.3) is 15.7 Å². The number of aromatic hydroxyl groups is 1. The van der Waals surface area contributed by atoms with Gasteiger partial charge in [-0.2, -0.15) is 18.3 Å². The number of hydrogen-bond donors (Lipinski definition) is 2. The van der Waals surface area contributed by atoms with Crippen molar-refractivity contribution in [3.05, 3.63) is 97.4 Å². The van der Waals surface area contributed by atoms with Crippen molar-refractivity contribution in [1.29, 1.82) is 5.26 Å². The van der Waals surface area contributed by atoms with Crippen molar-refractivity contribution >= 4 is 34.8 Å². The molecular formula is C31H35N5O6S+2. The predicted octanol–water partition coefficient (Wildman–Crippen LogP) is 2.52. The number of allylic oxidation sites excluding steroid dienone is 6. The van der Waals surface area contributed by atoms with Crippen molar-refractivity contribution in [2.75, 3.05) is 12.3 Å². The van der Waals surface area contributed by atoms with Crippen LogP contribution in [-0.2, 0) is 36.2 Å². The van der Waals surface area contributed by atoms with Crippen LogP contribution in [-0.4, -0.2) is 61.6 Å². The van der Waals surface area contributed by atoms with Crippen LogP contribution >= 0.6 is 0 Å². The predicted molar refractivity (Wildman–Crippen MR) is 164 cm³/mol. The molecule has 224 valence electrons. The summed E-state index contributed by atoms with van der Waals surface area (Å²) in [6.07, 6.45) is 12.6. The summed E-state index contributed by atoms with van der Waals surface area (Å²) in [5.41, 5.74) is 2.46. The third-order valence-corrected chi connectivity index (χ3v) is 8.67. The minimum Gasteiger partial charge on any atom is -0.494 e. The number of hydrogen-bond acceptors (Lipinski definition) is 6. The molecule has 2 aliphatic heterocycles. The van der Waals surface area contributed by atoms with Gasteiger partial charge in [0.2, 0.25) is 11.6 Å². The first-order valence-electron chi connectivity index (χ1n) is 13.6. The van der Waals surface area contributed by atoms with E-state index in [9.17, 15) is 28.4 Å². The van der Waals surface area contributed by atoms with E-state index in [1.54, 1.807) is 10.7 Å². The second-order valence-electron chi connectivity index (χ2n) is 11.3. The molecule has 0 aliphatic carbocycles. The highest BCUT2D eigenvalue weighted by atomic mass is 32.2. The highest BCUT2D eigenvalue weighted by Gasteiger charge is 2.41. The van der Waals surface area contributed by atoms with Gasteiger partial charge in [-0.15, -0.1) is 0 Å². The fourth-order valence-corrected chi connectivity index (χ4v) is 5.76. The summed E-state index contributed by atoms with van der Waals surface area (Å²) in [6, 6.07) is 8.38. The molecule has 1 aromatic carbocycles. The Morgan fingerprint density at radius 3 is 2.65 bits per heavy atom. The molecule has 2 N–H and O–H groups in total. The third kappa shape index (κ3) is 6.58. The van der Waals surface area contributed by atoms with Crippen LogP contribution in [0.2, 0.25) is 0 Å². The zero-order chi connectivity index (χ0) is 31.7. The highest BCUT2D eigenvalue weighted by Crippen LogP contribution is 2.43. The van der Waals surface area contributed by atoms with Crippen LogP contribution in [0.4, 0.5) is 5.69 Å². The van der Waals surface area contributed by atoms with E-state index in [0.717, 1.165) is 25.9 Å². The van der Waals surface area contributed by atoms with Gasteiger partial charge in [0.05, 0.1) is 23.3 Å². The topological polar surface area (TPSA) is 148 Å². The van der Waals surface area contributed by atoms with E-state index in [0.29, 0.717) is 24.2 Å². The smallest absolute Gasteiger partial charge is 0.333 e. The quantitative estimate of drug-likeness (QED) is 0.147. The van der Waals surface area contributed by atoms with Gasteiger partial charge in [-0.25, -0.2) is 9.37 Å². The summed E-state index contributed by atoms with van der Waals surface area (Å²) < 4.78 is 36.7. The number of nitriles is 1. The molecule has 0 fully saturated rings. The van der Waals surface area contributed by atoms with Gasteiger partial charge < -0.3 is 5.11 Å². The second kappa shape index (κ2) is 11.9. The van der Waals surface area contributed by atoms with E-state index in [1.165, 1.54) is 26.2 Å². The number of nitrogens with zero attached hydrogens (tertiary/aromatic N) is 5. The standard InChI is InChI=1S/C31H33N5O6S/c1-31(2)24-17-22(23(18-32)8-6-9-25-28(37)34(4)30(39)35(5)29(25)38)12-14-36(20-24)27-11-10-21(16-26(27)31)19-33(3)13-7-15-43(40,41)42/h6,8-12,14,16-17,20,24H,3,7,13,15,19H2,1-2,4-5H3/p+2/b9-6+,23-8+. The maximum absolute atomic E-state index is 12.5. The molecule has 2 aliphatic rings. The van der Waals surface area contributed by atoms with Crippen molar-refractivity contribution in [2.45, 2.75) is 32.2 Å². The number of benzene rings is 1. The molecule has 4 rings (SSSR count). The van der Waals surface area contributed by atoms with Crippen LogP contribution in [0.5, 0.6) is 5.88 Å². The van der Waals surface area contributed by atoms with Crippen molar-refractivity contribution in [3.63, 3.8) is 0 Å². The molecule has 12 heteroatoms. The minimum atomic E-state index is -4.01. The van der Waals surface area contributed by atoms with Crippen molar-refractivity contribution in [2.24, 2.45) is 20.0 Å². The van der Waals surface area contributed by atoms with Crippen LogP contribution < -0.4 is 11.2 Å². The molecule has 1 atom stereocenters. The van der Waals surface area contributed by atoms with E-state index in [1.807, 2.05) is 35.1 Å². The van der Waals surface area contributed by atoms with Gasteiger partial charge in [0, 0.05) is 49.2 Å². The van der Waals surface area contributed by atoms with E-state index in [2.05, 4.69) is 38.9 Å². The lowest BCUT2D eigenvalue weighted by Gasteiger charge is -2.33. The summed E-state index contributed by atoms with van der Waals surface area (Å²) in [4.78, 5) is 24.5. The average Bonchev–Trinajstić information content (AvgIpc) is 3.15. The molecule has 0 saturated heterocycles. The highest BCUT2D eigenvalue weighted by molar-refractivity contribution is 7.85. The molecule has 1 unspecified atom stereocenters. The summed E-state index contributed by atoms with van der Waals surface area (Å²) in [5.74, 6) is -0.848. The number of rotatable bonds is 9. The maximum Gasteiger partial charge on any atom is 0.333 e. The van der Waals surface area contributed by atoms with Gasteiger partial charge in [0.1, 0.15) is 18.8 Å². The Labute approximate surface area is 250 Å². The molecule has 3 heterocycles. The van der Waals surface area contributed by atoms with Gasteiger partial charge >= 0.3 is 5.69 Å². The molecule has 2 aromatic rings. The zero-order valence-electron chi connectivity index (χ0n) is 24.6. The molecule has 1 aromatic heterocycles. The molecule has 0 spiro atoms. The third-order valence-electron chi connectivity index (χ3n) is 7.87. The van der Waals surface area contributed by atoms with Gasteiger partial charge in [-0.1, -0.05) is 26.0 Å². The lowest BCUT2D eigenvalue weighted by molar-refractivity contribution is -0.535. The Balaban J connectivity index is 1.61. The first kappa shape index (κ1) is 31.3. The molecular weight excluding hydrogens is 570 g/mol. The Bertz CT molecular complexity index is 1930. The summed E-state index contributed by atoms with van der Waals surface area (Å²) in [6.45, 7) is 9.19. The van der Waals surface area contributed by atoms with E-state index in [4.69, 9.17) is 4.55 Å². The van der Waals surface area contributed by atoms with E-state index >= 15 is 0 Å². The zero-order valence-corrected chi connectivity index (χ0v) is 25.4. The molecule has 11 nitrogen and oxygen atoms in total. The summed E-state index contributed by atoms with van der Waals surface area (Å²) >= 11 is 0. The largest absolute Gasteiger partial charge is 0.494 e. The Kier molecular flexibility index (Phi) is 8.71. The van der Waals surface area contributed by atoms with Crippen LogP contribution in [0.1, 0.15) is 37.0 Å². The van der Waals surface area contributed by atoms with Crippen molar-refractivity contribution in [3.8, 4) is 11.9 Å². The lowest BCUT2D eigenvalue weighted by atomic mass is 9.70. The van der Waals surface area contributed by atoms with Crippen LogP contribution in [0.15, 0.2) is 69.4 Å². The van der Waals surface area contributed by atoms with Gasteiger partial charge in [-0.3, -0.25) is 18.5 Å². The molecule has 0 amide bonds. The summed E-state index contributed by atoms with van der Waals surface area (Å²) in [5, 5.41) is 20.3. The summed E-state index contributed by atoms with van der Waals surface area (Å²) in [7, 11) is -1.32. The Morgan fingerprint density at radius 2 is 1.98 bits per heavy atom. The van der Waals surface area contributed by atoms with Gasteiger partial charge in [0.15, 0.2) is 19.0 Å². The first-order valence-corrected chi connectivity index (χ1v) is 15.2. The molecule has 2 bridgehead atoms. The lowest BCUT2D eigenvalue weighted by Crippen LogP contribution is -2.37. The SMILES string of the molecule is C=[N+](CCCS(=O)(=O)O)Cc1ccc2c(c1)C(C)(C)C1C=C(/C(C#N)=C/C=C/c3c(O)n(C)c(=O)n(C)c3=O)C=C[N+]2=C1. The van der Waals surface area contributed by atoms with Crippen LogP contribution in [0.3, 0.4) is 0 Å². The van der Waals surface area contributed by atoms with Crippen molar-refractivity contribution in [1.82, 2.24) is 9.13 Å². The minimum absolute atomic E-state index is 0.0644. The number of fused-ring (bicyclic) bond motifs is 3. The van der Waals surface area contributed by atoms with Crippen LogP contribution in [0, 0.1) is 17.2 Å². The number of aromatic nitrogens is 2. The first-order chi connectivity index (χ1) is 20.1. The Morgan fingerprint density at radius 1 is 1.26 bits per heavy atom. The van der Waals surface area contributed by atoms with Crippen molar-refractivity contribution < 1.29 is 27.2 Å². The monoisotopic (exact) mass is 605 g/mol. The fourth-order valence-electron chi connectivity index (χ4n) is 5.26. The second-order valence-corrected chi connectivity index (χ2v) is 12.9. The fraction of sp³-hybridized carbons (Fsp3) is 0.323. The Hall–Kier alpha value is -4.60. The van der Waals surface area contributed by atoms with Crippen LogP contribution in [0.25, 0.3) is 6.08 Å². The molecule has 43 heavy (non-hydrogen) atoms. The maximum atomic E-state index is 12.5. The normalized spacial score (nSPS) is 17.6. The molecule has 0 saturated carbocycles. The van der Waals surface area contributed by atoms with E-state index in [-0.39, 0.29) is 29.1 Å². The average molecular weight is 606 g/mol.